The number of rotatable bonds is 9. The van der Waals surface area contributed by atoms with E-state index in [0.29, 0.717) is 6.54 Å². The lowest BCUT2D eigenvalue weighted by atomic mass is 10.1. The average Bonchev–Trinajstić information content (AvgIpc) is 2.62. The molecule has 0 fully saturated rings. The van der Waals surface area contributed by atoms with E-state index in [9.17, 15) is 4.79 Å². The van der Waals surface area contributed by atoms with E-state index in [-0.39, 0.29) is 5.91 Å². The summed E-state index contributed by atoms with van der Waals surface area (Å²) in [5.74, 6) is -0.0151. The Morgan fingerprint density at radius 3 is 2.25 bits per heavy atom. The standard InChI is InChI=1S/C20H27N3O/c1-3-23(4-2)19-12-10-18(11-13-19)22-20(24)16-21-15-14-17-8-6-5-7-9-17/h5-13,21H,3-4,14-16H2,1-2H3,(H,22,24). The summed E-state index contributed by atoms with van der Waals surface area (Å²) in [6.07, 6.45) is 0.923. The molecule has 4 heteroatoms. The third-order valence-electron chi connectivity index (χ3n) is 4.00. The van der Waals surface area contributed by atoms with Crippen molar-refractivity contribution in [1.29, 1.82) is 0 Å². The van der Waals surface area contributed by atoms with E-state index in [1.807, 2.05) is 42.5 Å². The van der Waals surface area contributed by atoms with Crippen LogP contribution in [0.3, 0.4) is 0 Å². The largest absolute Gasteiger partial charge is 0.372 e. The Morgan fingerprint density at radius 1 is 0.958 bits per heavy atom. The van der Waals surface area contributed by atoms with Crippen LogP contribution in [0.15, 0.2) is 54.6 Å². The van der Waals surface area contributed by atoms with Gasteiger partial charge in [0.05, 0.1) is 6.54 Å². The predicted molar refractivity (Wildman–Crippen MR) is 102 cm³/mol. The van der Waals surface area contributed by atoms with Gasteiger partial charge in [-0.25, -0.2) is 0 Å². The highest BCUT2D eigenvalue weighted by atomic mass is 16.1. The molecule has 24 heavy (non-hydrogen) atoms. The van der Waals surface area contributed by atoms with Gasteiger partial charge in [-0.15, -0.1) is 0 Å². The Bertz CT molecular complexity index is 607. The van der Waals surface area contributed by atoms with Crippen LogP contribution in [0.1, 0.15) is 19.4 Å². The Kier molecular flexibility index (Phi) is 7.30. The molecule has 0 unspecified atom stereocenters. The maximum atomic E-state index is 12.0. The molecule has 2 N–H and O–H groups in total. The summed E-state index contributed by atoms with van der Waals surface area (Å²) in [5.41, 5.74) is 3.29. The minimum absolute atomic E-state index is 0.0151. The minimum Gasteiger partial charge on any atom is -0.372 e. The molecule has 0 atom stereocenters. The molecule has 0 aliphatic rings. The number of amides is 1. The van der Waals surface area contributed by atoms with Gasteiger partial charge in [-0.3, -0.25) is 4.79 Å². The van der Waals surface area contributed by atoms with E-state index in [0.717, 1.165) is 31.7 Å². The first kappa shape index (κ1) is 18.0. The van der Waals surface area contributed by atoms with Crippen LogP contribution in [0, 0.1) is 0 Å². The molecular formula is C20H27N3O. The Morgan fingerprint density at radius 2 is 1.62 bits per heavy atom. The van der Waals surface area contributed by atoms with E-state index in [2.05, 4.69) is 41.5 Å². The van der Waals surface area contributed by atoms with Crippen molar-refractivity contribution < 1.29 is 4.79 Å². The maximum Gasteiger partial charge on any atom is 0.238 e. The van der Waals surface area contributed by atoms with Crippen LogP contribution >= 0.6 is 0 Å². The molecule has 4 nitrogen and oxygen atoms in total. The van der Waals surface area contributed by atoms with Gasteiger partial charge >= 0.3 is 0 Å². The second kappa shape index (κ2) is 9.73. The molecule has 2 aromatic rings. The lowest BCUT2D eigenvalue weighted by Crippen LogP contribution is -2.29. The molecule has 0 aliphatic heterocycles. The number of anilines is 2. The number of carbonyl (C=O) groups is 1. The highest BCUT2D eigenvalue weighted by Crippen LogP contribution is 2.17. The smallest absolute Gasteiger partial charge is 0.238 e. The van der Waals surface area contributed by atoms with Crippen LogP contribution in [-0.4, -0.2) is 32.1 Å². The van der Waals surface area contributed by atoms with Crippen LogP contribution in [0.4, 0.5) is 11.4 Å². The van der Waals surface area contributed by atoms with Gasteiger partial charge < -0.3 is 15.5 Å². The van der Waals surface area contributed by atoms with E-state index in [4.69, 9.17) is 0 Å². The van der Waals surface area contributed by atoms with E-state index in [1.165, 1.54) is 11.3 Å². The van der Waals surface area contributed by atoms with Crippen molar-refractivity contribution in [3.8, 4) is 0 Å². The lowest BCUT2D eigenvalue weighted by molar-refractivity contribution is -0.115. The fraction of sp³-hybridized carbons (Fsp3) is 0.350. The van der Waals surface area contributed by atoms with Crippen LogP contribution in [0.25, 0.3) is 0 Å². The van der Waals surface area contributed by atoms with Crippen molar-refractivity contribution in [2.45, 2.75) is 20.3 Å². The summed E-state index contributed by atoms with van der Waals surface area (Å²) in [6, 6.07) is 18.3. The van der Waals surface area contributed by atoms with Gasteiger partial charge in [0.25, 0.3) is 0 Å². The number of carbonyl (C=O) groups excluding carboxylic acids is 1. The van der Waals surface area contributed by atoms with Crippen LogP contribution in [0.2, 0.25) is 0 Å². The molecule has 0 aromatic heterocycles. The fourth-order valence-corrected chi connectivity index (χ4v) is 2.63. The number of benzene rings is 2. The number of hydrogen-bond donors (Lipinski definition) is 2. The van der Waals surface area contributed by atoms with E-state index >= 15 is 0 Å². The number of nitrogens with zero attached hydrogens (tertiary/aromatic N) is 1. The van der Waals surface area contributed by atoms with Gasteiger partial charge in [-0.1, -0.05) is 30.3 Å². The molecular weight excluding hydrogens is 298 g/mol. The molecule has 0 saturated heterocycles. The van der Waals surface area contributed by atoms with Crippen molar-refractivity contribution in [2.75, 3.05) is 36.4 Å². The molecule has 1 amide bonds. The molecule has 2 rings (SSSR count). The normalized spacial score (nSPS) is 10.4. The average molecular weight is 325 g/mol. The van der Waals surface area contributed by atoms with Crippen molar-refractivity contribution >= 4 is 17.3 Å². The Hall–Kier alpha value is -2.33. The summed E-state index contributed by atoms with van der Waals surface area (Å²) in [7, 11) is 0. The monoisotopic (exact) mass is 325 g/mol. The highest BCUT2D eigenvalue weighted by Gasteiger charge is 2.04. The summed E-state index contributed by atoms with van der Waals surface area (Å²) < 4.78 is 0. The predicted octanol–water partition coefficient (Wildman–Crippen LogP) is 3.30. The fourth-order valence-electron chi connectivity index (χ4n) is 2.63. The van der Waals surface area contributed by atoms with Gasteiger partial charge in [-0.2, -0.15) is 0 Å². The summed E-state index contributed by atoms with van der Waals surface area (Å²) in [4.78, 5) is 14.2. The zero-order chi connectivity index (χ0) is 17.2. The molecule has 0 heterocycles. The number of nitrogens with one attached hydrogen (secondary N) is 2. The molecule has 0 spiro atoms. The molecule has 0 aliphatic carbocycles. The first-order chi connectivity index (χ1) is 11.7. The second-order valence-electron chi connectivity index (χ2n) is 5.68. The quantitative estimate of drug-likeness (QED) is 0.695. The second-order valence-corrected chi connectivity index (χ2v) is 5.68. The minimum atomic E-state index is -0.0151. The zero-order valence-electron chi connectivity index (χ0n) is 14.6. The lowest BCUT2D eigenvalue weighted by Gasteiger charge is -2.21. The SMILES string of the molecule is CCN(CC)c1ccc(NC(=O)CNCCc2ccccc2)cc1. The van der Waals surface area contributed by atoms with Crippen LogP contribution in [-0.2, 0) is 11.2 Å². The first-order valence-electron chi connectivity index (χ1n) is 8.62. The molecule has 0 bridgehead atoms. The molecule has 0 radical (unpaired) electrons. The molecule has 128 valence electrons. The summed E-state index contributed by atoms with van der Waals surface area (Å²) in [5, 5.41) is 6.10. The Balaban J connectivity index is 1.72. The van der Waals surface area contributed by atoms with E-state index in [1.54, 1.807) is 0 Å². The Labute approximate surface area is 144 Å². The van der Waals surface area contributed by atoms with E-state index < -0.39 is 0 Å². The maximum absolute atomic E-state index is 12.0. The number of hydrogen-bond acceptors (Lipinski definition) is 3. The van der Waals surface area contributed by atoms with Gasteiger partial charge in [0.15, 0.2) is 0 Å². The van der Waals surface area contributed by atoms with Crippen molar-refractivity contribution in [1.82, 2.24) is 5.32 Å². The van der Waals surface area contributed by atoms with Crippen molar-refractivity contribution in [3.05, 3.63) is 60.2 Å². The van der Waals surface area contributed by atoms with Crippen LogP contribution in [0.5, 0.6) is 0 Å². The zero-order valence-corrected chi connectivity index (χ0v) is 14.6. The summed E-state index contributed by atoms with van der Waals surface area (Å²) >= 11 is 0. The van der Waals surface area contributed by atoms with Gasteiger partial charge in [0.1, 0.15) is 0 Å². The molecule has 0 saturated carbocycles. The molecule has 2 aromatic carbocycles. The third-order valence-corrected chi connectivity index (χ3v) is 4.00. The van der Waals surface area contributed by atoms with Gasteiger partial charge in [0, 0.05) is 24.5 Å². The van der Waals surface area contributed by atoms with Gasteiger partial charge in [-0.05, 0) is 56.6 Å². The van der Waals surface area contributed by atoms with Crippen molar-refractivity contribution in [2.24, 2.45) is 0 Å². The van der Waals surface area contributed by atoms with Crippen LogP contribution < -0.4 is 15.5 Å². The first-order valence-corrected chi connectivity index (χ1v) is 8.62. The van der Waals surface area contributed by atoms with Crippen molar-refractivity contribution in [3.63, 3.8) is 0 Å². The topological polar surface area (TPSA) is 44.4 Å². The summed E-state index contributed by atoms with van der Waals surface area (Å²) in [6.45, 7) is 7.35. The highest BCUT2D eigenvalue weighted by molar-refractivity contribution is 5.92. The van der Waals surface area contributed by atoms with Gasteiger partial charge in [0.2, 0.25) is 5.91 Å². The third kappa shape index (κ3) is 5.70.